The Hall–Kier alpha value is -1.96. The number of nitrogens with zero attached hydrogens (tertiary/aromatic N) is 1. The first-order valence-electron chi connectivity index (χ1n) is 5.25. The molecule has 2 aromatic rings. The summed E-state index contributed by atoms with van der Waals surface area (Å²) in [7, 11) is 0. The molecule has 0 bridgehead atoms. The van der Waals surface area contributed by atoms with E-state index in [9.17, 15) is 0 Å². The van der Waals surface area contributed by atoms with Crippen molar-refractivity contribution in [2.45, 2.75) is 13.8 Å². The number of aryl methyl sites for hydroxylation is 2. The Morgan fingerprint density at radius 2 is 1.50 bits per heavy atom. The molecule has 0 amide bonds. The first-order chi connectivity index (χ1) is 7.69. The normalized spacial score (nSPS) is 10.1. The van der Waals surface area contributed by atoms with E-state index in [1.165, 1.54) is 17.3 Å². The molecule has 0 atom stereocenters. The van der Waals surface area contributed by atoms with Crippen LogP contribution < -0.4 is 0 Å². The SMILES string of the molecule is Cc1cc(-c2ccc(C=N)cc2)cc(C)n1. The Labute approximate surface area is 95.5 Å². The van der Waals surface area contributed by atoms with E-state index in [4.69, 9.17) is 5.41 Å². The van der Waals surface area contributed by atoms with Gasteiger partial charge in [-0.05, 0) is 42.7 Å². The summed E-state index contributed by atoms with van der Waals surface area (Å²) < 4.78 is 0. The summed E-state index contributed by atoms with van der Waals surface area (Å²) >= 11 is 0. The molecular weight excluding hydrogens is 196 g/mol. The van der Waals surface area contributed by atoms with Crippen LogP contribution in [-0.4, -0.2) is 11.2 Å². The monoisotopic (exact) mass is 210 g/mol. The fraction of sp³-hybridized carbons (Fsp3) is 0.143. The fourth-order valence-corrected chi connectivity index (χ4v) is 1.77. The molecule has 1 N–H and O–H groups in total. The van der Waals surface area contributed by atoms with Crippen LogP contribution in [0.5, 0.6) is 0 Å². The van der Waals surface area contributed by atoms with Gasteiger partial charge in [0, 0.05) is 17.6 Å². The highest BCUT2D eigenvalue weighted by molar-refractivity contribution is 5.78. The number of rotatable bonds is 2. The van der Waals surface area contributed by atoms with Gasteiger partial charge in [-0.25, -0.2) is 0 Å². The summed E-state index contributed by atoms with van der Waals surface area (Å²) in [5.41, 5.74) is 5.34. The Bertz CT molecular complexity index is 493. The van der Waals surface area contributed by atoms with Gasteiger partial charge in [0.15, 0.2) is 0 Å². The summed E-state index contributed by atoms with van der Waals surface area (Å²) in [4.78, 5) is 4.36. The molecule has 0 spiro atoms. The standard InChI is InChI=1S/C14H14N2/c1-10-7-14(8-11(2)16-10)13-5-3-12(9-15)4-6-13/h3-9,15H,1-2H3. The van der Waals surface area contributed by atoms with Crippen LogP contribution in [0.1, 0.15) is 17.0 Å². The maximum Gasteiger partial charge on any atom is 0.0382 e. The van der Waals surface area contributed by atoms with E-state index in [0.29, 0.717) is 0 Å². The lowest BCUT2D eigenvalue weighted by Crippen LogP contribution is -1.88. The van der Waals surface area contributed by atoms with Crippen LogP contribution in [0.25, 0.3) is 11.1 Å². The summed E-state index contributed by atoms with van der Waals surface area (Å²) in [6, 6.07) is 12.1. The molecule has 1 aromatic carbocycles. The number of aromatic nitrogens is 1. The predicted molar refractivity (Wildman–Crippen MR) is 67.0 cm³/mol. The molecule has 2 heteroatoms. The van der Waals surface area contributed by atoms with E-state index in [2.05, 4.69) is 17.1 Å². The van der Waals surface area contributed by atoms with Gasteiger partial charge in [-0.3, -0.25) is 4.98 Å². The third kappa shape index (κ3) is 2.16. The Kier molecular flexibility index (Phi) is 2.82. The van der Waals surface area contributed by atoms with E-state index < -0.39 is 0 Å². The lowest BCUT2D eigenvalue weighted by atomic mass is 10.0. The third-order valence-corrected chi connectivity index (χ3v) is 2.49. The highest BCUT2D eigenvalue weighted by Crippen LogP contribution is 2.20. The topological polar surface area (TPSA) is 36.7 Å². The van der Waals surface area contributed by atoms with Crippen molar-refractivity contribution in [3.63, 3.8) is 0 Å². The van der Waals surface area contributed by atoms with Crippen molar-refractivity contribution in [2.24, 2.45) is 0 Å². The number of pyridine rings is 1. The Balaban J connectivity index is 2.45. The molecule has 80 valence electrons. The summed E-state index contributed by atoms with van der Waals surface area (Å²) in [5.74, 6) is 0. The van der Waals surface area contributed by atoms with Gasteiger partial charge in [0.25, 0.3) is 0 Å². The van der Waals surface area contributed by atoms with Crippen LogP contribution in [0.2, 0.25) is 0 Å². The number of hydrogen-bond acceptors (Lipinski definition) is 2. The summed E-state index contributed by atoms with van der Waals surface area (Å²) in [6.07, 6.45) is 1.35. The second-order valence-electron chi connectivity index (χ2n) is 3.90. The van der Waals surface area contributed by atoms with Gasteiger partial charge in [0.05, 0.1) is 0 Å². The Morgan fingerprint density at radius 1 is 0.938 bits per heavy atom. The van der Waals surface area contributed by atoms with Crippen molar-refractivity contribution in [1.82, 2.24) is 4.98 Å². The van der Waals surface area contributed by atoms with Crippen LogP contribution >= 0.6 is 0 Å². The molecular formula is C14H14N2. The first kappa shape index (κ1) is 10.6. The molecule has 0 aliphatic heterocycles. The molecule has 0 unspecified atom stereocenters. The van der Waals surface area contributed by atoms with E-state index >= 15 is 0 Å². The van der Waals surface area contributed by atoms with Gasteiger partial charge < -0.3 is 5.41 Å². The van der Waals surface area contributed by atoms with Crippen molar-refractivity contribution < 1.29 is 0 Å². The largest absolute Gasteiger partial charge is 0.308 e. The minimum Gasteiger partial charge on any atom is -0.308 e. The zero-order valence-electron chi connectivity index (χ0n) is 9.49. The van der Waals surface area contributed by atoms with Gasteiger partial charge in [-0.1, -0.05) is 24.3 Å². The molecule has 1 aromatic heterocycles. The highest BCUT2D eigenvalue weighted by atomic mass is 14.7. The van der Waals surface area contributed by atoms with Gasteiger partial charge in [0.2, 0.25) is 0 Å². The van der Waals surface area contributed by atoms with Crippen LogP contribution in [0, 0.1) is 19.3 Å². The molecule has 0 saturated heterocycles. The summed E-state index contributed by atoms with van der Waals surface area (Å²) in [6.45, 7) is 4.00. The molecule has 0 aliphatic rings. The maximum atomic E-state index is 7.15. The second-order valence-corrected chi connectivity index (χ2v) is 3.90. The van der Waals surface area contributed by atoms with Crippen molar-refractivity contribution in [3.8, 4) is 11.1 Å². The second kappa shape index (κ2) is 4.27. The fourth-order valence-electron chi connectivity index (χ4n) is 1.77. The maximum absolute atomic E-state index is 7.15. The molecule has 2 rings (SSSR count). The van der Waals surface area contributed by atoms with E-state index in [1.807, 2.05) is 38.1 Å². The average molecular weight is 210 g/mol. The number of hydrogen-bond donors (Lipinski definition) is 1. The lowest BCUT2D eigenvalue weighted by molar-refractivity contribution is 1.12. The van der Waals surface area contributed by atoms with Crippen LogP contribution in [-0.2, 0) is 0 Å². The smallest absolute Gasteiger partial charge is 0.0382 e. The highest BCUT2D eigenvalue weighted by Gasteiger charge is 2.00. The van der Waals surface area contributed by atoms with Crippen LogP contribution in [0.3, 0.4) is 0 Å². The lowest BCUT2D eigenvalue weighted by Gasteiger charge is -2.04. The van der Waals surface area contributed by atoms with Crippen molar-refractivity contribution in [3.05, 3.63) is 53.3 Å². The van der Waals surface area contributed by atoms with Crippen molar-refractivity contribution in [1.29, 1.82) is 5.41 Å². The third-order valence-electron chi connectivity index (χ3n) is 2.49. The predicted octanol–water partition coefficient (Wildman–Crippen LogP) is 3.36. The minimum absolute atomic E-state index is 0.922. The van der Waals surface area contributed by atoms with Gasteiger partial charge in [-0.15, -0.1) is 0 Å². The first-order valence-corrected chi connectivity index (χ1v) is 5.25. The van der Waals surface area contributed by atoms with E-state index in [0.717, 1.165) is 17.0 Å². The van der Waals surface area contributed by atoms with Gasteiger partial charge in [-0.2, -0.15) is 0 Å². The molecule has 0 fully saturated rings. The minimum atomic E-state index is 0.922. The van der Waals surface area contributed by atoms with Gasteiger partial charge >= 0.3 is 0 Å². The Morgan fingerprint density at radius 3 is 2.00 bits per heavy atom. The number of benzene rings is 1. The van der Waals surface area contributed by atoms with E-state index in [-0.39, 0.29) is 0 Å². The molecule has 0 radical (unpaired) electrons. The number of nitrogens with one attached hydrogen (secondary N) is 1. The quantitative estimate of drug-likeness (QED) is 0.758. The molecule has 0 saturated carbocycles. The zero-order valence-corrected chi connectivity index (χ0v) is 9.49. The molecule has 16 heavy (non-hydrogen) atoms. The average Bonchev–Trinajstić information content (AvgIpc) is 2.28. The zero-order chi connectivity index (χ0) is 11.5. The van der Waals surface area contributed by atoms with Gasteiger partial charge in [0.1, 0.15) is 0 Å². The summed E-state index contributed by atoms with van der Waals surface area (Å²) in [5, 5.41) is 7.15. The van der Waals surface area contributed by atoms with Crippen LogP contribution in [0.15, 0.2) is 36.4 Å². The molecule has 0 aliphatic carbocycles. The van der Waals surface area contributed by atoms with Crippen molar-refractivity contribution in [2.75, 3.05) is 0 Å². The van der Waals surface area contributed by atoms with E-state index in [1.54, 1.807) is 0 Å². The molecule has 1 heterocycles. The molecule has 2 nitrogen and oxygen atoms in total. The van der Waals surface area contributed by atoms with Crippen molar-refractivity contribution >= 4 is 6.21 Å². The van der Waals surface area contributed by atoms with Crippen LogP contribution in [0.4, 0.5) is 0 Å².